The van der Waals surface area contributed by atoms with Gasteiger partial charge in [0, 0.05) is 18.9 Å². The Morgan fingerprint density at radius 3 is 2.10 bits per heavy atom. The molecule has 30 heavy (non-hydrogen) atoms. The number of hydrogen-bond donors (Lipinski definition) is 2. The first-order chi connectivity index (χ1) is 13.9. The molecule has 1 fully saturated rings. The quantitative estimate of drug-likeness (QED) is 0.281. The molecule has 164 valence electrons. The number of carboxylic acids is 1. The fraction of sp³-hybridized carbons (Fsp3) is 0.458. The maximum absolute atomic E-state index is 10.5. The van der Waals surface area contributed by atoms with Gasteiger partial charge in [0.1, 0.15) is 0 Å². The van der Waals surface area contributed by atoms with Gasteiger partial charge in [-0.3, -0.25) is 14.8 Å². The Morgan fingerprint density at radius 2 is 1.63 bits per heavy atom. The molecule has 2 N–H and O–H groups in total. The minimum atomic E-state index is -0.912. The lowest BCUT2D eigenvalue weighted by molar-refractivity contribution is -0.171. The number of imide groups is 1. The van der Waals surface area contributed by atoms with E-state index in [-0.39, 0.29) is 23.3 Å². The summed E-state index contributed by atoms with van der Waals surface area (Å²) in [5, 5.41) is 17.2. The summed E-state index contributed by atoms with van der Waals surface area (Å²) in [6, 6.07) is 0. The average Bonchev–Trinajstić information content (AvgIpc) is 2.91. The Morgan fingerprint density at radius 1 is 1.03 bits per heavy atom. The predicted molar refractivity (Wildman–Crippen MR) is 117 cm³/mol. The van der Waals surface area contributed by atoms with E-state index in [0.717, 1.165) is 11.1 Å². The lowest BCUT2D eigenvalue weighted by Crippen LogP contribution is -2.24. The molecular weight excluding hydrogens is 382 g/mol. The van der Waals surface area contributed by atoms with Crippen molar-refractivity contribution in [3.05, 3.63) is 58.7 Å². The second-order valence-corrected chi connectivity index (χ2v) is 8.36. The van der Waals surface area contributed by atoms with Crippen LogP contribution in [0.1, 0.15) is 66.7 Å². The molecule has 0 unspecified atom stereocenters. The highest BCUT2D eigenvalue weighted by Crippen LogP contribution is 2.40. The second kappa shape index (κ2) is 11.5. The summed E-state index contributed by atoms with van der Waals surface area (Å²) < 4.78 is 0. The Bertz CT molecular complexity index is 809. The normalized spacial score (nSPS) is 20.3. The molecule has 0 radical (unpaired) electrons. The van der Waals surface area contributed by atoms with Crippen molar-refractivity contribution in [3.63, 3.8) is 0 Å². The van der Waals surface area contributed by atoms with E-state index in [2.05, 4.69) is 39.8 Å². The molecule has 0 aromatic heterocycles. The molecule has 6 nitrogen and oxygen atoms in total. The minimum Gasteiger partial charge on any atom is -0.478 e. The van der Waals surface area contributed by atoms with Gasteiger partial charge in [-0.1, -0.05) is 55.4 Å². The summed E-state index contributed by atoms with van der Waals surface area (Å²) in [5.41, 5.74) is 5.09. The predicted octanol–water partition coefficient (Wildman–Crippen LogP) is 5.13. The second-order valence-electron chi connectivity index (χ2n) is 8.36. The number of nitrogens with zero attached hydrogens (tertiary/aromatic N) is 1. The highest BCUT2D eigenvalue weighted by atomic mass is 16.5. The number of carbonyl (C=O) groups excluding carboxylic acids is 2. The molecule has 1 heterocycles. The molecule has 2 amide bonds. The highest BCUT2D eigenvalue weighted by Gasteiger charge is 2.27. The van der Waals surface area contributed by atoms with Crippen LogP contribution >= 0.6 is 0 Å². The van der Waals surface area contributed by atoms with Gasteiger partial charge in [-0.15, -0.1) is 0 Å². The van der Waals surface area contributed by atoms with Crippen molar-refractivity contribution in [3.8, 4) is 0 Å². The van der Waals surface area contributed by atoms with Crippen LogP contribution in [0, 0.1) is 5.41 Å². The molecule has 0 bridgehead atoms. The van der Waals surface area contributed by atoms with Crippen LogP contribution < -0.4 is 0 Å². The van der Waals surface area contributed by atoms with E-state index in [1.54, 1.807) is 13.0 Å². The summed E-state index contributed by atoms with van der Waals surface area (Å²) in [5.74, 6) is -1.92. The van der Waals surface area contributed by atoms with Gasteiger partial charge in [0.05, 0.1) is 0 Å². The summed E-state index contributed by atoms with van der Waals surface area (Å²) in [7, 11) is 0. The molecule has 0 aromatic carbocycles. The molecule has 1 aliphatic heterocycles. The van der Waals surface area contributed by atoms with Crippen LogP contribution in [0.3, 0.4) is 0 Å². The van der Waals surface area contributed by atoms with E-state index in [4.69, 9.17) is 10.3 Å². The molecule has 0 saturated carbocycles. The number of hydrogen-bond acceptors (Lipinski definition) is 4. The van der Waals surface area contributed by atoms with Crippen molar-refractivity contribution in [2.24, 2.45) is 5.41 Å². The lowest BCUT2D eigenvalue weighted by Gasteiger charge is -2.32. The van der Waals surface area contributed by atoms with Gasteiger partial charge in [0.15, 0.2) is 0 Å². The van der Waals surface area contributed by atoms with Crippen LogP contribution in [-0.2, 0) is 14.4 Å². The van der Waals surface area contributed by atoms with E-state index in [1.165, 1.54) is 36.5 Å². The van der Waals surface area contributed by atoms with Crippen LogP contribution in [0.5, 0.6) is 0 Å². The third kappa shape index (κ3) is 8.33. The van der Waals surface area contributed by atoms with Crippen LogP contribution in [-0.4, -0.2) is 33.2 Å². The number of amides is 2. The lowest BCUT2D eigenvalue weighted by atomic mass is 9.72. The Kier molecular flexibility index (Phi) is 9.66. The van der Waals surface area contributed by atoms with E-state index in [1.807, 2.05) is 12.2 Å². The topological polar surface area (TPSA) is 94.9 Å². The zero-order chi connectivity index (χ0) is 22.9. The number of hydroxylamine groups is 2. The monoisotopic (exact) mass is 415 g/mol. The molecule has 0 spiro atoms. The Labute approximate surface area is 178 Å². The first-order valence-electron chi connectivity index (χ1n) is 10.1. The van der Waals surface area contributed by atoms with Gasteiger partial charge < -0.3 is 5.11 Å². The van der Waals surface area contributed by atoms with Crippen molar-refractivity contribution in [1.29, 1.82) is 0 Å². The Hall–Kier alpha value is -2.73. The van der Waals surface area contributed by atoms with Gasteiger partial charge in [-0.25, -0.2) is 4.79 Å². The van der Waals surface area contributed by atoms with Crippen molar-refractivity contribution >= 4 is 17.8 Å². The fourth-order valence-corrected chi connectivity index (χ4v) is 3.44. The first kappa shape index (κ1) is 25.3. The zero-order valence-corrected chi connectivity index (χ0v) is 18.6. The molecule has 1 saturated heterocycles. The Balaban J connectivity index is 0.000000467. The fourth-order valence-electron chi connectivity index (χ4n) is 3.44. The van der Waals surface area contributed by atoms with Gasteiger partial charge in [-0.05, 0) is 56.6 Å². The van der Waals surface area contributed by atoms with Crippen LogP contribution in [0.4, 0.5) is 0 Å². The number of aliphatic carboxylic acids is 1. The smallest absolute Gasteiger partial charge is 0.328 e. The van der Waals surface area contributed by atoms with Crippen LogP contribution in [0.2, 0.25) is 0 Å². The maximum Gasteiger partial charge on any atom is 0.328 e. The first-order valence-corrected chi connectivity index (χ1v) is 10.1. The largest absolute Gasteiger partial charge is 0.478 e. The third-order valence-electron chi connectivity index (χ3n) is 5.15. The molecular formula is C24H33NO5. The number of carbonyl (C=O) groups is 3. The highest BCUT2D eigenvalue weighted by molar-refractivity contribution is 6.00. The van der Waals surface area contributed by atoms with Gasteiger partial charge in [0.2, 0.25) is 0 Å². The zero-order valence-electron chi connectivity index (χ0n) is 18.6. The summed E-state index contributed by atoms with van der Waals surface area (Å²) >= 11 is 0. The summed E-state index contributed by atoms with van der Waals surface area (Å²) in [4.78, 5) is 31.0. The molecule has 6 heteroatoms. The van der Waals surface area contributed by atoms with E-state index >= 15 is 0 Å². The van der Waals surface area contributed by atoms with E-state index in [9.17, 15) is 14.4 Å². The van der Waals surface area contributed by atoms with Crippen molar-refractivity contribution in [2.75, 3.05) is 0 Å². The third-order valence-corrected chi connectivity index (χ3v) is 5.15. The van der Waals surface area contributed by atoms with Crippen molar-refractivity contribution in [2.45, 2.75) is 66.7 Å². The maximum atomic E-state index is 10.5. The molecule has 0 aromatic rings. The molecule has 1 aliphatic carbocycles. The van der Waals surface area contributed by atoms with E-state index in [0.29, 0.717) is 0 Å². The SMILES string of the molecule is CC1=C(/C=C/C(C)=C/C=C/C(C)=C/C(=O)O)C(C)(C)CCC1.O=C1CCC(=O)N1O. The summed E-state index contributed by atoms with van der Waals surface area (Å²) in [6.45, 7) is 10.7. The standard InChI is InChI=1S/C20H28O2.C4H5NO3/c1-15(8-6-9-16(2)14-19(21)22)11-12-18-17(3)10-7-13-20(18,4)5;6-3-1-2-4(7)5(3)8/h6,8-9,11-12,14H,7,10,13H2,1-5H3,(H,21,22);8H,1-2H2/b9-6+,12-11+,15-8+,16-14+;. The number of allylic oxidation sites excluding steroid dienone is 9. The summed E-state index contributed by atoms with van der Waals surface area (Å²) in [6.07, 6.45) is 15.3. The molecule has 0 atom stereocenters. The average molecular weight is 416 g/mol. The van der Waals surface area contributed by atoms with Gasteiger partial charge >= 0.3 is 5.97 Å². The van der Waals surface area contributed by atoms with Gasteiger partial charge in [-0.2, -0.15) is 5.06 Å². The number of rotatable bonds is 5. The number of carboxylic acid groups (broad SMARTS) is 1. The van der Waals surface area contributed by atoms with Crippen molar-refractivity contribution in [1.82, 2.24) is 5.06 Å². The van der Waals surface area contributed by atoms with Gasteiger partial charge in [0.25, 0.3) is 11.8 Å². The van der Waals surface area contributed by atoms with E-state index < -0.39 is 17.8 Å². The molecule has 2 aliphatic rings. The van der Waals surface area contributed by atoms with Crippen LogP contribution in [0.25, 0.3) is 0 Å². The van der Waals surface area contributed by atoms with Crippen LogP contribution in [0.15, 0.2) is 58.7 Å². The molecule has 2 rings (SSSR count). The minimum absolute atomic E-state index is 0.148. The van der Waals surface area contributed by atoms with Crippen molar-refractivity contribution < 1.29 is 24.7 Å².